The van der Waals surface area contributed by atoms with Gasteiger partial charge in [-0.1, -0.05) is 28.9 Å². The quantitative estimate of drug-likeness (QED) is 0.263. The molecule has 5 rings (SSSR count). The first-order chi connectivity index (χ1) is 17.7. The van der Waals surface area contributed by atoms with Crippen LogP contribution in [0.25, 0.3) is 22.5 Å². The first-order valence-electron chi connectivity index (χ1n) is 12.0. The lowest BCUT2D eigenvalue weighted by Crippen LogP contribution is -2.52. The average Bonchev–Trinajstić information content (AvgIpc) is 3.37. The number of halogens is 3. The molecular weight excluding hydrogens is 494 g/mol. The van der Waals surface area contributed by atoms with E-state index in [0.717, 1.165) is 22.3 Å². The number of alkyl halides is 1. The minimum Gasteiger partial charge on any atom is -0.342 e. The topological polar surface area (TPSA) is 66.0 Å². The Morgan fingerprint density at radius 2 is 1.81 bits per heavy atom. The van der Waals surface area contributed by atoms with Gasteiger partial charge in [-0.15, -0.1) is 0 Å². The molecule has 0 unspecified atom stereocenters. The van der Waals surface area contributed by atoms with Crippen molar-refractivity contribution in [3.05, 3.63) is 94.6 Å². The smallest absolute Gasteiger partial charge is 0.214 e. The minimum absolute atomic E-state index is 0.00975. The predicted octanol–water partition coefficient (Wildman–Crippen LogP) is 7.03. The summed E-state index contributed by atoms with van der Waals surface area (Å²) in [4.78, 5) is 6.43. The molecule has 5 nitrogen and oxygen atoms in total. The third-order valence-electron chi connectivity index (χ3n) is 6.80. The van der Waals surface area contributed by atoms with Crippen LogP contribution in [0.1, 0.15) is 36.5 Å². The summed E-state index contributed by atoms with van der Waals surface area (Å²) in [5.41, 5.74) is 3.05. The molecule has 4 aromatic rings. The van der Waals surface area contributed by atoms with Gasteiger partial charge in [0, 0.05) is 36.1 Å². The molecule has 3 aromatic carbocycles. The summed E-state index contributed by atoms with van der Waals surface area (Å²) in [6.45, 7) is 4.99. The molecule has 0 radical (unpaired) electrons. The maximum absolute atomic E-state index is 15.4. The molecule has 0 aliphatic carbocycles. The van der Waals surface area contributed by atoms with E-state index in [4.69, 9.17) is 16.1 Å². The summed E-state index contributed by atoms with van der Waals surface area (Å²) in [5, 5.41) is 13.9. The van der Waals surface area contributed by atoms with E-state index >= 15 is 4.39 Å². The normalized spacial score (nSPS) is 15.2. The van der Waals surface area contributed by atoms with Crippen LogP contribution in [0.2, 0.25) is 5.02 Å². The number of rotatable bonds is 7. The zero-order valence-corrected chi connectivity index (χ0v) is 21.2. The Kier molecular flexibility index (Phi) is 6.80. The van der Waals surface area contributed by atoms with Crippen molar-refractivity contribution >= 4 is 11.6 Å². The van der Waals surface area contributed by atoms with E-state index in [1.165, 1.54) is 32.4 Å². The van der Waals surface area contributed by atoms with E-state index in [2.05, 4.69) is 21.1 Å². The number of nitriles is 1. The molecule has 1 fully saturated rings. The summed E-state index contributed by atoms with van der Waals surface area (Å²) in [6.07, 6.45) is 1.30. The van der Waals surface area contributed by atoms with Gasteiger partial charge in [0.1, 0.15) is 11.5 Å². The molecule has 1 atom stereocenters. The van der Waals surface area contributed by atoms with Crippen LogP contribution in [0, 0.1) is 23.1 Å². The summed E-state index contributed by atoms with van der Waals surface area (Å²) >= 11 is 6.08. The fraction of sp³-hybridized carbons (Fsp3) is 0.276. The third-order valence-corrected chi connectivity index (χ3v) is 7.05. The van der Waals surface area contributed by atoms with Gasteiger partial charge in [-0.25, -0.2) is 8.78 Å². The van der Waals surface area contributed by atoms with Crippen molar-refractivity contribution in [1.29, 1.82) is 5.26 Å². The first-order valence-corrected chi connectivity index (χ1v) is 12.4. The molecule has 1 saturated heterocycles. The van der Waals surface area contributed by atoms with Gasteiger partial charge >= 0.3 is 0 Å². The number of hydrogen-bond acceptors (Lipinski definition) is 5. The highest BCUT2D eigenvalue weighted by atomic mass is 35.5. The zero-order chi connectivity index (χ0) is 26.2. The second-order valence-corrected chi connectivity index (χ2v) is 10.5. The maximum Gasteiger partial charge on any atom is 0.214 e. The van der Waals surface area contributed by atoms with E-state index in [9.17, 15) is 9.65 Å². The van der Waals surface area contributed by atoms with Crippen molar-refractivity contribution in [3.63, 3.8) is 0 Å². The molecule has 0 spiro atoms. The maximum atomic E-state index is 15.4. The SMILES string of the molecule is CC(C)(F)[C@H](c1cc(F)cc(C#N)c1)C1CN(Cc2cc(-c3ccc(Cl)cc3)cc(-c3ncon3)c2)C1. The van der Waals surface area contributed by atoms with Crippen molar-refractivity contribution < 1.29 is 13.3 Å². The molecule has 188 valence electrons. The van der Waals surface area contributed by atoms with Gasteiger partial charge in [0.25, 0.3) is 0 Å². The van der Waals surface area contributed by atoms with Crippen LogP contribution in [0.15, 0.2) is 71.6 Å². The molecule has 37 heavy (non-hydrogen) atoms. The third kappa shape index (κ3) is 5.56. The Labute approximate surface area is 219 Å². The second kappa shape index (κ2) is 10.0. The number of hydrogen-bond donors (Lipinski definition) is 0. The van der Waals surface area contributed by atoms with Crippen molar-refractivity contribution in [2.45, 2.75) is 32.0 Å². The number of likely N-dealkylation sites (tertiary alicyclic amines) is 1. The fourth-order valence-electron chi connectivity index (χ4n) is 5.31. The highest BCUT2D eigenvalue weighted by Gasteiger charge is 2.43. The van der Waals surface area contributed by atoms with Crippen LogP contribution in [-0.2, 0) is 6.54 Å². The molecule has 0 bridgehead atoms. The molecule has 0 saturated carbocycles. The van der Waals surface area contributed by atoms with Gasteiger partial charge in [0.2, 0.25) is 12.2 Å². The van der Waals surface area contributed by atoms with Crippen LogP contribution in [0.4, 0.5) is 8.78 Å². The summed E-state index contributed by atoms with van der Waals surface area (Å²) in [5.74, 6) is -0.559. The molecule has 0 N–H and O–H groups in total. The number of benzene rings is 3. The monoisotopic (exact) mass is 518 g/mol. The Morgan fingerprint density at radius 1 is 1.08 bits per heavy atom. The van der Waals surface area contributed by atoms with E-state index in [1.54, 1.807) is 6.07 Å². The molecule has 0 amide bonds. The lowest BCUT2D eigenvalue weighted by atomic mass is 9.72. The van der Waals surface area contributed by atoms with E-state index < -0.39 is 17.4 Å². The second-order valence-electron chi connectivity index (χ2n) is 10.1. The van der Waals surface area contributed by atoms with Gasteiger partial charge in [-0.2, -0.15) is 10.2 Å². The molecule has 8 heteroatoms. The van der Waals surface area contributed by atoms with Crippen molar-refractivity contribution in [1.82, 2.24) is 15.0 Å². The Hall–Kier alpha value is -3.60. The summed E-state index contributed by atoms with van der Waals surface area (Å²) in [7, 11) is 0. The average molecular weight is 519 g/mol. The van der Waals surface area contributed by atoms with Gasteiger partial charge < -0.3 is 4.52 Å². The predicted molar refractivity (Wildman–Crippen MR) is 138 cm³/mol. The number of aromatic nitrogens is 2. The standard InChI is InChI=1S/C29H25ClF2N4O/c1-29(2,32)27(22-7-18(13-33)10-26(31)12-22)24-15-36(16-24)14-19-8-21(20-3-5-25(30)6-4-20)11-23(9-19)28-34-17-37-35-28/h3-12,17,24,27H,14-16H2,1-2H3/t27-/m1/s1. The molecule has 1 aliphatic rings. The van der Waals surface area contributed by atoms with Gasteiger partial charge in [-0.3, -0.25) is 4.90 Å². The van der Waals surface area contributed by atoms with E-state index in [-0.39, 0.29) is 11.5 Å². The lowest BCUT2D eigenvalue weighted by Gasteiger charge is -2.46. The van der Waals surface area contributed by atoms with Gasteiger partial charge in [-0.05, 0) is 90.6 Å². The Bertz CT molecular complexity index is 1440. The van der Waals surface area contributed by atoms with Crippen LogP contribution in [-0.4, -0.2) is 33.8 Å². The fourth-order valence-corrected chi connectivity index (χ4v) is 5.44. The largest absolute Gasteiger partial charge is 0.342 e. The molecular formula is C29H25ClF2N4O. The summed E-state index contributed by atoms with van der Waals surface area (Å²) < 4.78 is 34.5. The zero-order valence-electron chi connectivity index (χ0n) is 20.5. The Morgan fingerprint density at radius 3 is 2.46 bits per heavy atom. The van der Waals surface area contributed by atoms with Gasteiger partial charge in [0.15, 0.2) is 0 Å². The van der Waals surface area contributed by atoms with Crippen LogP contribution >= 0.6 is 11.6 Å². The Balaban J connectivity index is 1.38. The summed E-state index contributed by atoms with van der Waals surface area (Å²) in [6, 6.07) is 19.9. The molecule has 1 aliphatic heterocycles. The van der Waals surface area contributed by atoms with Crippen molar-refractivity contribution in [2.75, 3.05) is 13.1 Å². The highest BCUT2D eigenvalue weighted by Crippen LogP contribution is 2.43. The van der Waals surface area contributed by atoms with E-state index in [0.29, 0.717) is 36.0 Å². The minimum atomic E-state index is -1.57. The molecule has 1 aromatic heterocycles. The highest BCUT2D eigenvalue weighted by molar-refractivity contribution is 6.30. The first kappa shape index (κ1) is 25.1. The van der Waals surface area contributed by atoms with E-state index in [1.807, 2.05) is 42.5 Å². The van der Waals surface area contributed by atoms with Crippen LogP contribution < -0.4 is 0 Å². The van der Waals surface area contributed by atoms with Gasteiger partial charge in [0.05, 0.1) is 11.6 Å². The van der Waals surface area contributed by atoms with Crippen molar-refractivity contribution in [3.8, 4) is 28.6 Å². The van der Waals surface area contributed by atoms with Crippen LogP contribution in [0.3, 0.4) is 0 Å². The van der Waals surface area contributed by atoms with Crippen molar-refractivity contribution in [2.24, 2.45) is 5.92 Å². The van der Waals surface area contributed by atoms with Crippen LogP contribution in [0.5, 0.6) is 0 Å². The lowest BCUT2D eigenvalue weighted by molar-refractivity contribution is 0.0212. The number of nitrogens with zero attached hydrogens (tertiary/aromatic N) is 4. The molecule has 2 heterocycles.